The van der Waals surface area contributed by atoms with Crippen molar-refractivity contribution >= 4 is 6.16 Å². The Balaban J connectivity index is 4.14. The standard InChI is InChI=1S/C13H26O5/c1-11(2,3)8-12(4,5)18-16-9-13(6,7)17-10(14)15/h8-9H2,1-7H3,(H,14,15). The van der Waals surface area contributed by atoms with Gasteiger partial charge in [-0.05, 0) is 39.5 Å². The molecule has 0 aliphatic rings. The lowest BCUT2D eigenvalue weighted by molar-refractivity contribution is -0.370. The summed E-state index contributed by atoms with van der Waals surface area (Å²) >= 11 is 0. The maximum Gasteiger partial charge on any atom is 0.506 e. The van der Waals surface area contributed by atoms with Crippen LogP contribution in [0.1, 0.15) is 54.9 Å². The SMILES string of the molecule is CC(C)(C)CC(C)(C)OOCC(C)(C)OC(=O)O. The number of hydrogen-bond acceptors (Lipinski definition) is 4. The minimum atomic E-state index is -1.32. The van der Waals surface area contributed by atoms with Gasteiger partial charge in [-0.15, -0.1) is 0 Å². The molecule has 108 valence electrons. The molecule has 0 radical (unpaired) electrons. The van der Waals surface area contributed by atoms with Gasteiger partial charge in [-0.3, -0.25) is 0 Å². The summed E-state index contributed by atoms with van der Waals surface area (Å²) in [4.78, 5) is 20.9. The highest BCUT2D eigenvalue weighted by Gasteiger charge is 2.29. The first kappa shape index (κ1) is 17.2. The second-order valence-electron chi connectivity index (χ2n) is 6.97. The monoisotopic (exact) mass is 262 g/mol. The van der Waals surface area contributed by atoms with Crippen molar-refractivity contribution < 1.29 is 24.4 Å². The third-order valence-electron chi connectivity index (χ3n) is 2.01. The molecule has 0 fully saturated rings. The second-order valence-corrected chi connectivity index (χ2v) is 6.97. The molecule has 0 aliphatic carbocycles. The first-order valence-corrected chi connectivity index (χ1v) is 6.06. The van der Waals surface area contributed by atoms with Crippen LogP contribution in [-0.2, 0) is 14.5 Å². The van der Waals surface area contributed by atoms with E-state index in [1.807, 2.05) is 13.8 Å². The van der Waals surface area contributed by atoms with Crippen molar-refractivity contribution in [2.45, 2.75) is 66.1 Å². The molecule has 0 amide bonds. The fraction of sp³-hybridized carbons (Fsp3) is 0.923. The summed E-state index contributed by atoms with van der Waals surface area (Å²) in [5.74, 6) is 0. The summed E-state index contributed by atoms with van der Waals surface area (Å²) in [5, 5.41) is 8.54. The van der Waals surface area contributed by atoms with Gasteiger partial charge in [-0.1, -0.05) is 20.8 Å². The third kappa shape index (κ3) is 9.24. The molecule has 0 atom stereocenters. The van der Waals surface area contributed by atoms with Gasteiger partial charge in [0, 0.05) is 0 Å². The fourth-order valence-corrected chi connectivity index (χ4v) is 1.90. The van der Waals surface area contributed by atoms with E-state index in [-0.39, 0.29) is 12.0 Å². The van der Waals surface area contributed by atoms with Crippen LogP contribution in [-0.4, -0.2) is 29.1 Å². The third-order valence-corrected chi connectivity index (χ3v) is 2.01. The summed E-state index contributed by atoms with van der Waals surface area (Å²) in [6.07, 6.45) is -0.502. The zero-order chi connectivity index (χ0) is 14.6. The molecular weight excluding hydrogens is 236 g/mol. The van der Waals surface area contributed by atoms with Crippen molar-refractivity contribution in [3.63, 3.8) is 0 Å². The topological polar surface area (TPSA) is 65.0 Å². The van der Waals surface area contributed by atoms with Crippen LogP contribution >= 0.6 is 0 Å². The predicted molar refractivity (Wildman–Crippen MR) is 68.4 cm³/mol. The van der Waals surface area contributed by atoms with E-state index in [1.165, 1.54) is 0 Å². The van der Waals surface area contributed by atoms with Crippen LogP contribution in [0.5, 0.6) is 0 Å². The van der Waals surface area contributed by atoms with Crippen LogP contribution in [0, 0.1) is 5.41 Å². The molecule has 18 heavy (non-hydrogen) atoms. The molecular formula is C13H26O5. The van der Waals surface area contributed by atoms with E-state index in [0.717, 1.165) is 6.42 Å². The van der Waals surface area contributed by atoms with Gasteiger partial charge in [0.15, 0.2) is 0 Å². The first-order chi connectivity index (χ1) is 7.83. The van der Waals surface area contributed by atoms with Crippen LogP contribution in [0.15, 0.2) is 0 Å². The van der Waals surface area contributed by atoms with E-state index < -0.39 is 17.4 Å². The number of ether oxygens (including phenoxy) is 1. The zero-order valence-electron chi connectivity index (χ0n) is 12.5. The average molecular weight is 262 g/mol. The van der Waals surface area contributed by atoms with Crippen molar-refractivity contribution in [3.05, 3.63) is 0 Å². The molecule has 0 aromatic rings. The van der Waals surface area contributed by atoms with Crippen LogP contribution in [0.3, 0.4) is 0 Å². The number of hydrogen-bond donors (Lipinski definition) is 1. The number of carboxylic acid groups (broad SMARTS) is 1. The van der Waals surface area contributed by atoms with Gasteiger partial charge < -0.3 is 9.84 Å². The van der Waals surface area contributed by atoms with Gasteiger partial charge in [-0.25, -0.2) is 14.6 Å². The Morgan fingerprint density at radius 1 is 1.00 bits per heavy atom. The second kappa shape index (κ2) is 5.89. The Morgan fingerprint density at radius 3 is 1.89 bits per heavy atom. The average Bonchev–Trinajstić information content (AvgIpc) is 1.93. The Morgan fingerprint density at radius 2 is 1.50 bits per heavy atom. The van der Waals surface area contributed by atoms with Crippen LogP contribution in [0.4, 0.5) is 4.79 Å². The van der Waals surface area contributed by atoms with Crippen LogP contribution in [0.25, 0.3) is 0 Å². The summed E-state index contributed by atoms with van der Waals surface area (Å²) in [5.41, 5.74) is -1.23. The van der Waals surface area contributed by atoms with Gasteiger partial charge in [0.05, 0.1) is 5.60 Å². The van der Waals surface area contributed by atoms with Gasteiger partial charge in [-0.2, -0.15) is 0 Å². The molecule has 1 N–H and O–H groups in total. The molecule has 0 aromatic heterocycles. The minimum Gasteiger partial charge on any atom is -0.450 e. The smallest absolute Gasteiger partial charge is 0.450 e. The lowest BCUT2D eigenvalue weighted by Crippen LogP contribution is -2.36. The zero-order valence-corrected chi connectivity index (χ0v) is 12.5. The van der Waals surface area contributed by atoms with E-state index in [2.05, 4.69) is 25.5 Å². The summed E-state index contributed by atoms with van der Waals surface area (Å²) in [7, 11) is 0. The molecule has 0 rings (SSSR count). The Labute approximate surface area is 109 Å². The van der Waals surface area contributed by atoms with E-state index in [9.17, 15) is 4.79 Å². The molecule has 0 heterocycles. The van der Waals surface area contributed by atoms with E-state index in [1.54, 1.807) is 13.8 Å². The summed E-state index contributed by atoms with van der Waals surface area (Å²) < 4.78 is 4.66. The van der Waals surface area contributed by atoms with Crippen molar-refractivity contribution in [2.75, 3.05) is 6.61 Å². The normalized spacial score (nSPS) is 13.5. The van der Waals surface area contributed by atoms with Crippen molar-refractivity contribution in [1.29, 1.82) is 0 Å². The Hall–Kier alpha value is -0.810. The summed E-state index contributed by atoms with van der Waals surface area (Å²) in [6, 6.07) is 0. The Bertz CT molecular complexity index is 276. The van der Waals surface area contributed by atoms with Gasteiger partial charge in [0.2, 0.25) is 0 Å². The molecule has 0 aliphatic heterocycles. The van der Waals surface area contributed by atoms with Gasteiger partial charge in [0.25, 0.3) is 0 Å². The maximum atomic E-state index is 10.4. The molecule has 0 aromatic carbocycles. The summed E-state index contributed by atoms with van der Waals surface area (Å²) in [6.45, 7) is 13.5. The highest BCUT2D eigenvalue weighted by Crippen LogP contribution is 2.29. The maximum absolute atomic E-state index is 10.4. The predicted octanol–water partition coefficient (Wildman–Crippen LogP) is 3.62. The van der Waals surface area contributed by atoms with Crippen molar-refractivity contribution in [3.8, 4) is 0 Å². The molecule has 0 unspecified atom stereocenters. The van der Waals surface area contributed by atoms with Crippen LogP contribution in [0.2, 0.25) is 0 Å². The lowest BCUT2D eigenvalue weighted by Gasteiger charge is -2.32. The molecule has 5 nitrogen and oxygen atoms in total. The molecule has 5 heteroatoms. The number of rotatable bonds is 6. The fourth-order valence-electron chi connectivity index (χ4n) is 1.90. The van der Waals surface area contributed by atoms with Gasteiger partial charge >= 0.3 is 6.16 Å². The van der Waals surface area contributed by atoms with E-state index >= 15 is 0 Å². The van der Waals surface area contributed by atoms with Crippen molar-refractivity contribution in [2.24, 2.45) is 5.41 Å². The Kier molecular flexibility index (Phi) is 5.62. The lowest BCUT2D eigenvalue weighted by atomic mass is 9.84. The molecule has 0 spiro atoms. The highest BCUT2D eigenvalue weighted by atomic mass is 17.2. The largest absolute Gasteiger partial charge is 0.506 e. The van der Waals surface area contributed by atoms with Crippen molar-refractivity contribution in [1.82, 2.24) is 0 Å². The molecule has 0 saturated heterocycles. The van der Waals surface area contributed by atoms with E-state index in [4.69, 9.17) is 14.9 Å². The molecule has 0 saturated carbocycles. The van der Waals surface area contributed by atoms with Gasteiger partial charge in [0.1, 0.15) is 12.2 Å². The highest BCUT2D eigenvalue weighted by molar-refractivity contribution is 5.57. The van der Waals surface area contributed by atoms with Crippen LogP contribution < -0.4 is 0 Å². The molecule has 0 bridgehead atoms. The quantitative estimate of drug-likeness (QED) is 0.450. The van der Waals surface area contributed by atoms with E-state index in [0.29, 0.717) is 0 Å². The number of carbonyl (C=O) groups is 1. The minimum absolute atomic E-state index is 0.0485. The first-order valence-electron chi connectivity index (χ1n) is 6.06.